The Morgan fingerprint density at radius 3 is 1.20 bits per heavy atom. The van der Waals surface area contributed by atoms with Crippen molar-refractivity contribution in [3.05, 3.63) is 121 Å². The van der Waals surface area contributed by atoms with Gasteiger partial charge in [0.2, 0.25) is 8.24 Å². The highest BCUT2D eigenvalue weighted by Gasteiger charge is 2.48. The molecule has 5 heteroatoms. The van der Waals surface area contributed by atoms with Gasteiger partial charge in [-0.15, -0.1) is 0 Å². The predicted molar refractivity (Wildman–Crippen MR) is 157 cm³/mol. The van der Waals surface area contributed by atoms with E-state index in [-0.39, 0.29) is 0 Å². The number of hydrogen-bond acceptors (Lipinski definition) is 3. The van der Waals surface area contributed by atoms with Crippen molar-refractivity contribution >= 4 is 38.4 Å². The van der Waals surface area contributed by atoms with Crippen LogP contribution in [0.15, 0.2) is 121 Å². The summed E-state index contributed by atoms with van der Waals surface area (Å²) in [4.78, 5) is 0. The van der Waals surface area contributed by atoms with Crippen LogP contribution in [-0.2, 0) is 0 Å². The molecule has 0 heterocycles. The van der Waals surface area contributed by atoms with Crippen molar-refractivity contribution in [1.29, 1.82) is 0 Å². The van der Waals surface area contributed by atoms with Crippen molar-refractivity contribution < 1.29 is 0 Å². The summed E-state index contributed by atoms with van der Waals surface area (Å²) >= 11 is 0. The van der Waals surface area contributed by atoms with Gasteiger partial charge in [0.15, 0.2) is 0 Å². The molecule has 0 unspecified atom stereocenters. The quantitative estimate of drug-likeness (QED) is 0.233. The second kappa shape index (κ2) is 12.7. The molecule has 4 aromatic rings. The van der Waals surface area contributed by atoms with Crippen LogP contribution < -0.4 is 31.3 Å². The molecule has 4 N–H and O–H groups in total. The number of anilines is 1. The molecule has 0 spiro atoms. The van der Waals surface area contributed by atoms with Crippen LogP contribution in [-0.4, -0.2) is 30.3 Å². The van der Waals surface area contributed by atoms with E-state index in [1.807, 2.05) is 0 Å². The number of hydrogen-bond donors (Lipinski definition) is 2. The minimum atomic E-state index is -2.64. The third-order valence-electron chi connectivity index (χ3n) is 6.82. The minimum absolute atomic E-state index is 0.728. The number of para-hydroxylation sites is 1. The summed E-state index contributed by atoms with van der Waals surface area (Å²) in [5.41, 5.74) is 13.5. The maximum atomic E-state index is 6.08. The zero-order valence-electron chi connectivity index (χ0n) is 20.5. The summed E-state index contributed by atoms with van der Waals surface area (Å²) in [5, 5.41) is 4.25. The average molecular weight is 496 g/mol. The molecule has 0 amide bonds. The fourth-order valence-electron chi connectivity index (χ4n) is 5.33. The molecule has 35 heavy (non-hydrogen) atoms. The lowest BCUT2D eigenvalue weighted by Gasteiger charge is -2.49. The monoisotopic (exact) mass is 495 g/mol. The lowest BCUT2D eigenvalue weighted by atomic mass is 10.3. The topological polar surface area (TPSA) is 55.3 Å². The highest BCUT2D eigenvalue weighted by molar-refractivity contribution is 7.18. The van der Waals surface area contributed by atoms with Gasteiger partial charge in [0.25, 0.3) is 0 Å². The molecule has 0 aliphatic rings. The van der Waals surface area contributed by atoms with Gasteiger partial charge in [0, 0.05) is 5.69 Å². The molecule has 3 nitrogen and oxygen atoms in total. The molecule has 180 valence electrons. The molecule has 0 fully saturated rings. The fraction of sp³-hybridized carbons (Fsp3) is 0.200. The van der Waals surface area contributed by atoms with Gasteiger partial charge in [0.05, 0.1) is 0 Å². The van der Waals surface area contributed by atoms with E-state index in [2.05, 4.69) is 126 Å². The molecule has 0 bridgehead atoms. The van der Waals surface area contributed by atoms with Crippen molar-refractivity contribution in [3.63, 3.8) is 0 Å². The summed E-state index contributed by atoms with van der Waals surface area (Å²) in [6.45, 7) is 1.46. The largest absolute Gasteiger partial charge is 0.416 e. The van der Waals surface area contributed by atoms with Gasteiger partial charge < -0.3 is 15.7 Å². The van der Waals surface area contributed by atoms with Crippen LogP contribution in [0.5, 0.6) is 0 Å². The Labute approximate surface area is 213 Å². The van der Waals surface area contributed by atoms with Crippen LogP contribution in [0.4, 0.5) is 5.69 Å². The van der Waals surface area contributed by atoms with E-state index in [0.29, 0.717) is 0 Å². The SMILES string of the molecule is NCCC[SiH](CCCN)N(c1ccccc1)[Si](c1ccccc1)(c1ccccc1)c1ccccc1. The fourth-order valence-corrected chi connectivity index (χ4v) is 16.8. The molecule has 0 atom stereocenters. The van der Waals surface area contributed by atoms with Crippen LogP contribution in [0, 0.1) is 0 Å². The molecule has 0 aliphatic carbocycles. The molecular formula is C30H37N3Si2. The average Bonchev–Trinajstić information content (AvgIpc) is 2.94. The molecule has 4 aromatic carbocycles. The minimum Gasteiger partial charge on any atom is -0.416 e. The number of nitrogens with zero attached hydrogens (tertiary/aromatic N) is 1. The van der Waals surface area contributed by atoms with Crippen molar-refractivity contribution in [1.82, 2.24) is 0 Å². The van der Waals surface area contributed by atoms with Crippen LogP contribution in [0.2, 0.25) is 12.1 Å². The Balaban J connectivity index is 2.09. The van der Waals surface area contributed by atoms with Crippen LogP contribution >= 0.6 is 0 Å². The normalized spacial score (nSPS) is 11.5. The zero-order chi connectivity index (χ0) is 24.3. The van der Waals surface area contributed by atoms with E-state index < -0.39 is 17.2 Å². The summed E-state index contributed by atoms with van der Waals surface area (Å²) in [6.07, 6.45) is 2.10. The second-order valence-corrected chi connectivity index (χ2v) is 16.2. The van der Waals surface area contributed by atoms with Gasteiger partial charge in [0.1, 0.15) is 8.96 Å². The second-order valence-electron chi connectivity index (χ2n) is 9.03. The van der Waals surface area contributed by atoms with Gasteiger partial charge in [-0.1, -0.05) is 109 Å². The molecule has 0 radical (unpaired) electrons. The van der Waals surface area contributed by atoms with E-state index in [9.17, 15) is 0 Å². The zero-order valence-corrected chi connectivity index (χ0v) is 22.6. The first-order chi connectivity index (χ1) is 17.3. The molecular weight excluding hydrogens is 459 g/mol. The lowest BCUT2D eigenvalue weighted by molar-refractivity contribution is 0.880. The van der Waals surface area contributed by atoms with Gasteiger partial charge in [-0.05, 0) is 65.7 Å². The lowest BCUT2D eigenvalue weighted by Crippen LogP contribution is -2.80. The van der Waals surface area contributed by atoms with Crippen molar-refractivity contribution in [2.75, 3.05) is 17.3 Å². The summed E-state index contributed by atoms with van der Waals surface area (Å²) in [6, 6.07) is 47.1. The Morgan fingerprint density at radius 2 is 0.857 bits per heavy atom. The molecule has 0 aliphatic heterocycles. The molecule has 4 rings (SSSR count). The molecule has 0 aromatic heterocycles. The van der Waals surface area contributed by atoms with Gasteiger partial charge in [-0.25, -0.2) is 0 Å². The van der Waals surface area contributed by atoms with Crippen LogP contribution in [0.3, 0.4) is 0 Å². The number of rotatable bonds is 12. The molecule has 0 saturated carbocycles. The van der Waals surface area contributed by atoms with Crippen molar-refractivity contribution in [2.45, 2.75) is 24.9 Å². The Bertz CT molecular complexity index is 1020. The first kappa shape index (κ1) is 25.1. The maximum absolute atomic E-state index is 6.08. The van der Waals surface area contributed by atoms with Crippen molar-refractivity contribution in [3.8, 4) is 0 Å². The Morgan fingerprint density at radius 1 is 0.514 bits per heavy atom. The first-order valence-electron chi connectivity index (χ1n) is 12.7. The van der Waals surface area contributed by atoms with Crippen LogP contribution in [0.25, 0.3) is 0 Å². The highest BCUT2D eigenvalue weighted by atomic mass is 28.4. The van der Waals surface area contributed by atoms with Crippen LogP contribution in [0.1, 0.15) is 12.8 Å². The smallest absolute Gasteiger partial charge is 0.244 e. The van der Waals surface area contributed by atoms with Gasteiger partial charge in [-0.2, -0.15) is 0 Å². The third kappa shape index (κ3) is 5.49. The highest BCUT2D eigenvalue weighted by Crippen LogP contribution is 2.28. The van der Waals surface area contributed by atoms with E-state index in [1.165, 1.54) is 33.3 Å². The van der Waals surface area contributed by atoms with E-state index in [0.717, 1.165) is 25.9 Å². The summed E-state index contributed by atoms with van der Waals surface area (Å²) < 4.78 is 2.93. The molecule has 0 saturated heterocycles. The summed E-state index contributed by atoms with van der Waals surface area (Å²) in [7, 11) is -4.15. The number of benzene rings is 4. The van der Waals surface area contributed by atoms with E-state index in [1.54, 1.807) is 0 Å². The third-order valence-corrected chi connectivity index (χ3v) is 16.7. The van der Waals surface area contributed by atoms with E-state index in [4.69, 9.17) is 11.5 Å². The van der Waals surface area contributed by atoms with E-state index >= 15 is 0 Å². The van der Waals surface area contributed by atoms with Gasteiger partial charge in [-0.3, -0.25) is 0 Å². The van der Waals surface area contributed by atoms with Gasteiger partial charge >= 0.3 is 0 Å². The standard InChI is InChI=1S/C30H37N3Si2/c31-23-13-25-34(26-14-24-32)33(27-15-5-1-6-16-27)35(28-17-7-2-8-18-28,29-19-9-3-10-20-29)30-21-11-4-12-22-30/h1-12,15-22,34H,13-14,23-26,31-32H2. The number of nitrogens with two attached hydrogens (primary N) is 2. The first-order valence-corrected chi connectivity index (χ1v) is 16.8. The summed E-state index contributed by atoms with van der Waals surface area (Å²) in [5.74, 6) is 0. The van der Waals surface area contributed by atoms with Crippen molar-refractivity contribution in [2.24, 2.45) is 11.5 Å². The Hall–Kier alpha value is -2.97. The maximum Gasteiger partial charge on any atom is 0.244 e. The Kier molecular flexibility index (Phi) is 9.09. The predicted octanol–water partition coefficient (Wildman–Crippen LogP) is 3.58.